The third-order valence-corrected chi connectivity index (χ3v) is 3.15. The number of hydrogen-bond donors (Lipinski definition) is 2. The molecule has 2 nitrogen and oxygen atoms in total. The average Bonchev–Trinajstić information content (AvgIpc) is 2.17. The number of benzene rings is 1. The Bertz CT molecular complexity index is 312. The van der Waals surface area contributed by atoms with Gasteiger partial charge in [-0.05, 0) is 42.9 Å². The zero-order chi connectivity index (χ0) is 12.2. The van der Waals surface area contributed by atoms with Crippen molar-refractivity contribution >= 4 is 5.69 Å². The van der Waals surface area contributed by atoms with E-state index in [-0.39, 0.29) is 5.41 Å². The van der Waals surface area contributed by atoms with Crippen LogP contribution < -0.4 is 11.5 Å². The van der Waals surface area contributed by atoms with Crippen molar-refractivity contribution < 1.29 is 0 Å². The van der Waals surface area contributed by atoms with Crippen molar-refractivity contribution in [2.75, 3.05) is 5.73 Å². The molecule has 2 heteroatoms. The Labute approximate surface area is 99.0 Å². The van der Waals surface area contributed by atoms with Crippen LogP contribution >= 0.6 is 0 Å². The first-order valence-corrected chi connectivity index (χ1v) is 6.03. The van der Waals surface area contributed by atoms with Crippen LogP contribution in [0, 0.1) is 0 Å². The summed E-state index contributed by atoms with van der Waals surface area (Å²) in [4.78, 5) is 0. The Balaban J connectivity index is 2.59. The Morgan fingerprint density at radius 2 is 1.75 bits per heavy atom. The van der Waals surface area contributed by atoms with Gasteiger partial charge < -0.3 is 11.5 Å². The lowest BCUT2D eigenvalue weighted by molar-refractivity contribution is 0.440. The fourth-order valence-corrected chi connectivity index (χ4v) is 1.94. The second-order valence-corrected chi connectivity index (χ2v) is 5.38. The van der Waals surface area contributed by atoms with E-state index < -0.39 is 0 Å². The normalized spacial score (nSPS) is 13.8. The van der Waals surface area contributed by atoms with E-state index in [9.17, 15) is 0 Å². The number of anilines is 1. The largest absolute Gasteiger partial charge is 0.399 e. The standard InChI is InChI=1S/C14H24N2/c1-11(15)5-4-10-14(2,3)12-6-8-13(16)9-7-12/h6-9,11H,4-5,10,15-16H2,1-3H3. The van der Waals surface area contributed by atoms with E-state index in [2.05, 4.69) is 32.9 Å². The van der Waals surface area contributed by atoms with Crippen LogP contribution in [0.1, 0.15) is 45.6 Å². The SMILES string of the molecule is CC(N)CCCC(C)(C)c1ccc(N)cc1. The predicted octanol–water partition coefficient (Wildman–Crippen LogP) is 3.06. The summed E-state index contributed by atoms with van der Waals surface area (Å²) in [5.74, 6) is 0. The summed E-state index contributed by atoms with van der Waals surface area (Å²) in [6.07, 6.45) is 3.44. The lowest BCUT2D eigenvalue weighted by Crippen LogP contribution is -2.20. The first kappa shape index (κ1) is 13.0. The van der Waals surface area contributed by atoms with Crippen molar-refractivity contribution in [1.29, 1.82) is 0 Å². The van der Waals surface area contributed by atoms with Gasteiger partial charge in [-0.15, -0.1) is 0 Å². The van der Waals surface area contributed by atoms with Crippen LogP contribution in [0.15, 0.2) is 24.3 Å². The fraction of sp³-hybridized carbons (Fsp3) is 0.571. The third kappa shape index (κ3) is 3.86. The van der Waals surface area contributed by atoms with Gasteiger partial charge in [-0.25, -0.2) is 0 Å². The molecule has 0 radical (unpaired) electrons. The van der Waals surface area contributed by atoms with Gasteiger partial charge in [0.1, 0.15) is 0 Å². The summed E-state index contributed by atoms with van der Waals surface area (Å²) in [5.41, 5.74) is 13.8. The van der Waals surface area contributed by atoms with Gasteiger partial charge in [-0.3, -0.25) is 0 Å². The highest BCUT2D eigenvalue weighted by Gasteiger charge is 2.19. The van der Waals surface area contributed by atoms with E-state index in [0.29, 0.717) is 6.04 Å². The highest BCUT2D eigenvalue weighted by Crippen LogP contribution is 2.29. The Morgan fingerprint density at radius 1 is 1.19 bits per heavy atom. The van der Waals surface area contributed by atoms with Crippen molar-refractivity contribution in [3.05, 3.63) is 29.8 Å². The molecule has 0 aliphatic rings. The van der Waals surface area contributed by atoms with Crippen molar-refractivity contribution in [3.63, 3.8) is 0 Å². The molecule has 90 valence electrons. The van der Waals surface area contributed by atoms with Gasteiger partial charge in [-0.2, -0.15) is 0 Å². The number of nitrogen functional groups attached to an aromatic ring is 1. The minimum absolute atomic E-state index is 0.211. The van der Waals surface area contributed by atoms with Crippen LogP contribution in [-0.2, 0) is 5.41 Å². The molecule has 4 N–H and O–H groups in total. The molecule has 1 aromatic rings. The summed E-state index contributed by atoms with van der Waals surface area (Å²) in [5, 5.41) is 0. The zero-order valence-corrected chi connectivity index (χ0v) is 10.7. The predicted molar refractivity (Wildman–Crippen MR) is 71.4 cm³/mol. The van der Waals surface area contributed by atoms with Crippen LogP contribution in [0.2, 0.25) is 0 Å². The van der Waals surface area contributed by atoms with E-state index in [1.54, 1.807) is 0 Å². The quantitative estimate of drug-likeness (QED) is 0.749. The molecule has 1 atom stereocenters. The topological polar surface area (TPSA) is 52.0 Å². The van der Waals surface area contributed by atoms with E-state index in [4.69, 9.17) is 11.5 Å². The van der Waals surface area contributed by atoms with E-state index in [0.717, 1.165) is 12.1 Å². The number of rotatable bonds is 5. The molecule has 1 aromatic carbocycles. The smallest absolute Gasteiger partial charge is 0.0314 e. The van der Waals surface area contributed by atoms with Gasteiger partial charge in [0, 0.05) is 11.7 Å². The first-order chi connectivity index (χ1) is 7.42. The molecule has 0 aliphatic carbocycles. The summed E-state index contributed by atoms with van der Waals surface area (Å²) < 4.78 is 0. The van der Waals surface area contributed by atoms with Crippen LogP contribution in [0.25, 0.3) is 0 Å². The third-order valence-electron chi connectivity index (χ3n) is 3.15. The molecular formula is C14H24N2. The maximum absolute atomic E-state index is 5.76. The average molecular weight is 220 g/mol. The van der Waals surface area contributed by atoms with Gasteiger partial charge in [-0.1, -0.05) is 32.4 Å². The highest BCUT2D eigenvalue weighted by molar-refractivity contribution is 5.41. The summed E-state index contributed by atoms with van der Waals surface area (Å²) in [7, 11) is 0. The minimum atomic E-state index is 0.211. The first-order valence-electron chi connectivity index (χ1n) is 6.03. The molecule has 0 spiro atoms. The molecular weight excluding hydrogens is 196 g/mol. The molecule has 0 fully saturated rings. The van der Waals surface area contributed by atoms with Crippen LogP contribution in [0.3, 0.4) is 0 Å². The second-order valence-electron chi connectivity index (χ2n) is 5.38. The summed E-state index contributed by atoms with van der Waals surface area (Å²) in [6.45, 7) is 6.62. The molecule has 0 aromatic heterocycles. The van der Waals surface area contributed by atoms with Crippen molar-refractivity contribution in [2.24, 2.45) is 5.73 Å². The fourth-order valence-electron chi connectivity index (χ4n) is 1.94. The van der Waals surface area contributed by atoms with Gasteiger partial charge >= 0.3 is 0 Å². The number of nitrogens with two attached hydrogens (primary N) is 2. The van der Waals surface area contributed by atoms with Crippen LogP contribution in [-0.4, -0.2) is 6.04 Å². The lowest BCUT2D eigenvalue weighted by atomic mass is 9.80. The molecule has 0 heterocycles. The summed E-state index contributed by atoms with van der Waals surface area (Å²) in [6, 6.07) is 8.51. The Hall–Kier alpha value is -1.02. The highest BCUT2D eigenvalue weighted by atomic mass is 14.6. The molecule has 0 amide bonds. The van der Waals surface area contributed by atoms with Crippen molar-refractivity contribution in [3.8, 4) is 0 Å². The second kappa shape index (κ2) is 5.35. The molecule has 1 rings (SSSR count). The maximum Gasteiger partial charge on any atom is 0.0314 e. The Kier molecular flexibility index (Phi) is 4.36. The van der Waals surface area contributed by atoms with Crippen LogP contribution in [0.5, 0.6) is 0 Å². The summed E-state index contributed by atoms with van der Waals surface area (Å²) >= 11 is 0. The molecule has 0 bridgehead atoms. The molecule has 0 saturated heterocycles. The molecule has 0 saturated carbocycles. The molecule has 1 unspecified atom stereocenters. The van der Waals surface area contributed by atoms with Crippen molar-refractivity contribution in [1.82, 2.24) is 0 Å². The Morgan fingerprint density at radius 3 is 2.25 bits per heavy atom. The van der Waals surface area contributed by atoms with E-state index in [1.165, 1.54) is 18.4 Å². The van der Waals surface area contributed by atoms with Gasteiger partial charge in [0.15, 0.2) is 0 Å². The van der Waals surface area contributed by atoms with Crippen LogP contribution in [0.4, 0.5) is 5.69 Å². The van der Waals surface area contributed by atoms with Gasteiger partial charge in [0.2, 0.25) is 0 Å². The monoisotopic (exact) mass is 220 g/mol. The van der Waals surface area contributed by atoms with Gasteiger partial charge in [0.25, 0.3) is 0 Å². The maximum atomic E-state index is 5.76. The minimum Gasteiger partial charge on any atom is -0.399 e. The van der Waals surface area contributed by atoms with Gasteiger partial charge in [0.05, 0.1) is 0 Å². The lowest BCUT2D eigenvalue weighted by Gasteiger charge is -2.25. The zero-order valence-electron chi connectivity index (χ0n) is 10.7. The van der Waals surface area contributed by atoms with E-state index in [1.807, 2.05) is 12.1 Å². The van der Waals surface area contributed by atoms with Crippen molar-refractivity contribution in [2.45, 2.75) is 51.5 Å². The molecule has 0 aliphatic heterocycles. The van der Waals surface area contributed by atoms with E-state index >= 15 is 0 Å². The number of hydrogen-bond acceptors (Lipinski definition) is 2. The molecule has 16 heavy (non-hydrogen) atoms.